The highest BCUT2D eigenvalue weighted by molar-refractivity contribution is 5.85. The zero-order valence-corrected chi connectivity index (χ0v) is 14.2. The third-order valence-corrected chi connectivity index (χ3v) is 3.12. The van der Waals surface area contributed by atoms with Crippen LogP contribution < -0.4 is 21.1 Å². The molecule has 2 amide bonds. The SMILES string of the molecule is CCCCC(CN)NC(=O)CNC(=O)COc1ccccc1.Cl. The maximum atomic E-state index is 11.7. The van der Waals surface area contributed by atoms with Gasteiger partial charge in [-0.25, -0.2) is 0 Å². The highest BCUT2D eigenvalue weighted by Gasteiger charge is 2.11. The summed E-state index contributed by atoms with van der Waals surface area (Å²) in [5, 5.41) is 5.33. The van der Waals surface area contributed by atoms with E-state index in [1.165, 1.54) is 0 Å². The van der Waals surface area contributed by atoms with Crippen LogP contribution in [0.5, 0.6) is 5.75 Å². The standard InChI is InChI=1S/C16H25N3O3.ClH/c1-2-3-7-13(10-17)19-15(20)11-18-16(21)12-22-14-8-5-4-6-9-14;/h4-6,8-9,13H,2-3,7,10-12,17H2,1H3,(H,18,21)(H,19,20);1H. The summed E-state index contributed by atoms with van der Waals surface area (Å²) in [5.74, 6) is 0.0429. The molecule has 1 aromatic rings. The van der Waals surface area contributed by atoms with Crippen molar-refractivity contribution in [3.8, 4) is 5.75 Å². The lowest BCUT2D eigenvalue weighted by Gasteiger charge is -2.16. The van der Waals surface area contributed by atoms with Gasteiger partial charge in [0.1, 0.15) is 5.75 Å². The molecular formula is C16H26ClN3O3. The van der Waals surface area contributed by atoms with Crippen LogP contribution in [0.25, 0.3) is 0 Å². The van der Waals surface area contributed by atoms with Crippen LogP contribution in [-0.4, -0.2) is 37.6 Å². The number of carbonyl (C=O) groups excluding carboxylic acids is 2. The Morgan fingerprint density at radius 3 is 2.52 bits per heavy atom. The molecule has 1 atom stereocenters. The average Bonchev–Trinajstić information content (AvgIpc) is 2.55. The molecular weight excluding hydrogens is 318 g/mol. The number of ether oxygens (including phenoxy) is 1. The van der Waals surface area contributed by atoms with Gasteiger partial charge < -0.3 is 21.1 Å². The van der Waals surface area contributed by atoms with E-state index in [0.29, 0.717) is 12.3 Å². The van der Waals surface area contributed by atoms with Crippen molar-refractivity contribution >= 4 is 24.2 Å². The lowest BCUT2D eigenvalue weighted by molar-refractivity contribution is -0.127. The molecule has 0 aliphatic carbocycles. The Hall–Kier alpha value is -1.79. The van der Waals surface area contributed by atoms with Gasteiger partial charge in [0.25, 0.3) is 5.91 Å². The second-order valence-corrected chi connectivity index (χ2v) is 5.02. The summed E-state index contributed by atoms with van der Waals surface area (Å²) in [7, 11) is 0. The molecule has 0 radical (unpaired) electrons. The van der Waals surface area contributed by atoms with Crippen LogP contribution in [0.3, 0.4) is 0 Å². The number of hydrogen-bond acceptors (Lipinski definition) is 4. The molecule has 23 heavy (non-hydrogen) atoms. The number of unbranched alkanes of at least 4 members (excludes halogenated alkanes) is 1. The third-order valence-electron chi connectivity index (χ3n) is 3.12. The predicted octanol–water partition coefficient (Wildman–Crippen LogP) is 1.24. The van der Waals surface area contributed by atoms with Crippen molar-refractivity contribution in [1.82, 2.24) is 10.6 Å². The van der Waals surface area contributed by atoms with Gasteiger partial charge in [-0.05, 0) is 18.6 Å². The minimum atomic E-state index is -0.336. The Kier molecular flexibility index (Phi) is 11.7. The fourth-order valence-corrected chi connectivity index (χ4v) is 1.87. The van der Waals surface area contributed by atoms with E-state index < -0.39 is 0 Å². The van der Waals surface area contributed by atoms with Crippen molar-refractivity contribution in [2.45, 2.75) is 32.2 Å². The molecule has 0 fully saturated rings. The summed E-state index contributed by atoms with van der Waals surface area (Å²) < 4.78 is 5.29. The molecule has 6 nitrogen and oxygen atoms in total. The number of benzene rings is 1. The van der Waals surface area contributed by atoms with Gasteiger partial charge >= 0.3 is 0 Å². The first kappa shape index (κ1) is 21.2. The molecule has 1 aromatic carbocycles. The van der Waals surface area contributed by atoms with Gasteiger partial charge in [-0.15, -0.1) is 12.4 Å². The molecule has 0 heterocycles. The van der Waals surface area contributed by atoms with Gasteiger partial charge in [0, 0.05) is 12.6 Å². The lowest BCUT2D eigenvalue weighted by Crippen LogP contribution is -2.45. The Balaban J connectivity index is 0.00000484. The zero-order valence-electron chi connectivity index (χ0n) is 13.4. The highest BCUT2D eigenvalue weighted by atomic mass is 35.5. The van der Waals surface area contributed by atoms with E-state index in [9.17, 15) is 9.59 Å². The van der Waals surface area contributed by atoms with Gasteiger partial charge in [0.15, 0.2) is 6.61 Å². The number of carbonyl (C=O) groups is 2. The molecule has 0 saturated carbocycles. The predicted molar refractivity (Wildman–Crippen MR) is 92.7 cm³/mol. The molecule has 0 bridgehead atoms. The van der Waals surface area contributed by atoms with Gasteiger partial charge in [-0.1, -0.05) is 38.0 Å². The van der Waals surface area contributed by atoms with Crippen LogP contribution in [0.2, 0.25) is 0 Å². The van der Waals surface area contributed by atoms with Crippen molar-refractivity contribution in [3.05, 3.63) is 30.3 Å². The second-order valence-electron chi connectivity index (χ2n) is 5.02. The van der Waals surface area contributed by atoms with Crippen molar-refractivity contribution < 1.29 is 14.3 Å². The number of rotatable bonds is 10. The van der Waals surface area contributed by atoms with Gasteiger partial charge in [0.2, 0.25) is 5.91 Å². The minimum Gasteiger partial charge on any atom is -0.484 e. The smallest absolute Gasteiger partial charge is 0.258 e. The van der Waals surface area contributed by atoms with Crippen LogP contribution in [0.4, 0.5) is 0 Å². The van der Waals surface area contributed by atoms with E-state index in [1.54, 1.807) is 12.1 Å². The maximum absolute atomic E-state index is 11.7. The fraction of sp³-hybridized carbons (Fsp3) is 0.500. The van der Waals surface area contributed by atoms with Crippen molar-refractivity contribution in [2.75, 3.05) is 19.7 Å². The molecule has 130 valence electrons. The molecule has 0 saturated heterocycles. The molecule has 0 aromatic heterocycles. The number of nitrogens with one attached hydrogen (secondary N) is 2. The molecule has 7 heteroatoms. The summed E-state index contributed by atoms with van der Waals surface area (Å²) in [6.45, 7) is 2.30. The topological polar surface area (TPSA) is 93.5 Å². The van der Waals surface area contributed by atoms with Crippen molar-refractivity contribution in [3.63, 3.8) is 0 Å². The maximum Gasteiger partial charge on any atom is 0.258 e. The first-order valence-electron chi connectivity index (χ1n) is 7.59. The Morgan fingerprint density at radius 2 is 1.91 bits per heavy atom. The van der Waals surface area contributed by atoms with Crippen LogP contribution in [-0.2, 0) is 9.59 Å². The third kappa shape index (κ3) is 9.76. The molecule has 1 rings (SSSR count). The molecule has 0 aliphatic rings. The molecule has 4 N–H and O–H groups in total. The quantitative estimate of drug-likeness (QED) is 0.595. The summed E-state index contributed by atoms with van der Waals surface area (Å²) in [6, 6.07) is 9.00. The largest absolute Gasteiger partial charge is 0.484 e. The van der Waals surface area contributed by atoms with E-state index in [0.717, 1.165) is 19.3 Å². The fourth-order valence-electron chi connectivity index (χ4n) is 1.87. The highest BCUT2D eigenvalue weighted by Crippen LogP contribution is 2.07. The Bertz CT molecular complexity index is 457. The Morgan fingerprint density at radius 1 is 1.22 bits per heavy atom. The van der Waals surface area contributed by atoms with Crippen molar-refractivity contribution in [2.24, 2.45) is 5.73 Å². The molecule has 1 unspecified atom stereocenters. The number of hydrogen-bond donors (Lipinski definition) is 3. The van der Waals surface area contributed by atoms with E-state index in [-0.39, 0.29) is 43.4 Å². The second kappa shape index (κ2) is 12.7. The van der Waals surface area contributed by atoms with Crippen LogP contribution in [0.1, 0.15) is 26.2 Å². The molecule has 0 aliphatic heterocycles. The van der Waals surface area contributed by atoms with Crippen LogP contribution in [0, 0.1) is 0 Å². The first-order chi connectivity index (χ1) is 10.7. The van der Waals surface area contributed by atoms with E-state index in [4.69, 9.17) is 10.5 Å². The summed E-state index contributed by atoms with van der Waals surface area (Å²) in [5.41, 5.74) is 5.61. The Labute approximate surface area is 143 Å². The minimum absolute atomic E-state index is 0. The number of nitrogens with two attached hydrogens (primary N) is 1. The van der Waals surface area contributed by atoms with E-state index >= 15 is 0 Å². The number of amides is 2. The monoisotopic (exact) mass is 343 g/mol. The number of halogens is 1. The number of para-hydroxylation sites is 1. The summed E-state index contributed by atoms with van der Waals surface area (Å²) >= 11 is 0. The van der Waals surface area contributed by atoms with E-state index in [1.807, 2.05) is 18.2 Å². The van der Waals surface area contributed by atoms with E-state index in [2.05, 4.69) is 17.6 Å². The first-order valence-corrected chi connectivity index (χ1v) is 7.59. The van der Waals surface area contributed by atoms with Crippen LogP contribution in [0.15, 0.2) is 30.3 Å². The molecule has 0 spiro atoms. The van der Waals surface area contributed by atoms with Crippen LogP contribution >= 0.6 is 12.4 Å². The van der Waals surface area contributed by atoms with Gasteiger partial charge in [-0.2, -0.15) is 0 Å². The van der Waals surface area contributed by atoms with Crippen molar-refractivity contribution in [1.29, 1.82) is 0 Å². The normalized spacial score (nSPS) is 11.0. The average molecular weight is 344 g/mol. The van der Waals surface area contributed by atoms with Gasteiger partial charge in [0.05, 0.1) is 6.54 Å². The summed E-state index contributed by atoms with van der Waals surface area (Å²) in [6.07, 6.45) is 2.92. The lowest BCUT2D eigenvalue weighted by atomic mass is 10.1. The summed E-state index contributed by atoms with van der Waals surface area (Å²) in [4.78, 5) is 23.3. The zero-order chi connectivity index (χ0) is 16.2. The van der Waals surface area contributed by atoms with Gasteiger partial charge in [-0.3, -0.25) is 9.59 Å².